The van der Waals surface area contributed by atoms with Crippen LogP contribution < -0.4 is 5.32 Å². The Morgan fingerprint density at radius 2 is 1.53 bits per heavy atom. The van der Waals surface area contributed by atoms with E-state index < -0.39 is 8.32 Å². The van der Waals surface area contributed by atoms with Crippen LogP contribution in [0.15, 0.2) is 48.5 Å². The zero-order chi connectivity index (χ0) is 26.7. The largest absolute Gasteiger partial charge is 0.408 e. The van der Waals surface area contributed by atoms with Gasteiger partial charge in [-0.3, -0.25) is 0 Å². The Morgan fingerprint density at radius 3 is 2.11 bits per heavy atom. The molecule has 200 valence electrons. The van der Waals surface area contributed by atoms with Crippen LogP contribution >= 0.6 is 35.0 Å². The van der Waals surface area contributed by atoms with Crippen molar-refractivity contribution >= 4 is 43.3 Å². The summed E-state index contributed by atoms with van der Waals surface area (Å²) < 4.78 is 7.47. The summed E-state index contributed by atoms with van der Waals surface area (Å²) in [5, 5.41) is 6.30. The minimum Gasteiger partial charge on any atom is -0.408 e. The lowest BCUT2D eigenvalue weighted by atomic mass is 9.90. The van der Waals surface area contributed by atoms with Crippen LogP contribution in [0, 0.1) is 0 Å². The van der Waals surface area contributed by atoms with E-state index in [1.54, 1.807) is 0 Å². The van der Waals surface area contributed by atoms with Gasteiger partial charge in [0.05, 0.1) is 12.1 Å². The third kappa shape index (κ3) is 8.25. The number of hydrogen-bond acceptors (Lipinski definition) is 3. The Morgan fingerprint density at radius 1 is 0.889 bits per heavy atom. The van der Waals surface area contributed by atoms with Gasteiger partial charge in [-0.25, -0.2) is 0 Å². The average Bonchev–Trinajstić information content (AvgIpc) is 2.76. The highest BCUT2D eigenvalue weighted by atomic mass is 35.5. The molecule has 1 aliphatic carbocycles. The molecule has 4 atom stereocenters. The predicted octanol–water partition coefficient (Wildman–Crippen LogP) is 10.2. The van der Waals surface area contributed by atoms with Gasteiger partial charge >= 0.3 is 0 Å². The smallest absolute Gasteiger partial charge is 0.193 e. The third-order valence-electron chi connectivity index (χ3n) is 7.54. The minimum absolute atomic E-state index is 0.0129. The lowest BCUT2D eigenvalue weighted by molar-refractivity contribution is 0.125. The van der Waals surface area contributed by atoms with E-state index in [1.165, 1.54) is 31.2 Å². The van der Waals surface area contributed by atoms with Crippen molar-refractivity contribution in [2.24, 2.45) is 0 Å². The maximum Gasteiger partial charge on any atom is 0.193 e. The van der Waals surface area contributed by atoms with Crippen LogP contribution in [0.3, 0.4) is 0 Å². The van der Waals surface area contributed by atoms with Gasteiger partial charge < -0.3 is 9.74 Å². The molecule has 0 aromatic heterocycles. The minimum atomic E-state index is -2.11. The standard InChI is InChI=1S/C30H45Cl2NOSSi/c1-29(2,3)35-26-15-10-9-14-25(26)33-27(21-16-18-23(31)19-17-21)28(22-12-11-13-24(32)20-22)34-36(7,8)30(4,5)6/h11-13,16-20,25-28,33H,9-10,14-15H2,1-8H3/t25-,26-,27+,28+/m0/s1. The number of hydrogen-bond donors (Lipinski definition) is 1. The molecule has 1 saturated carbocycles. The third-order valence-corrected chi connectivity index (χ3v) is 14.1. The second kappa shape index (κ2) is 12.1. The molecule has 1 N–H and O–H groups in total. The maximum absolute atomic E-state index is 7.25. The molecule has 0 unspecified atom stereocenters. The zero-order valence-electron chi connectivity index (χ0n) is 23.3. The van der Waals surface area contributed by atoms with Crippen LogP contribution in [-0.2, 0) is 4.43 Å². The average molecular weight is 567 g/mol. The molecule has 0 amide bonds. The molecule has 6 heteroatoms. The van der Waals surface area contributed by atoms with Crippen LogP contribution in [-0.4, -0.2) is 24.4 Å². The summed E-state index contributed by atoms with van der Waals surface area (Å²) in [6.45, 7) is 18.6. The Balaban J connectivity index is 2.08. The number of halogens is 2. The van der Waals surface area contributed by atoms with Gasteiger partial charge in [0.1, 0.15) is 0 Å². The van der Waals surface area contributed by atoms with Crippen LogP contribution in [0.1, 0.15) is 90.5 Å². The van der Waals surface area contributed by atoms with E-state index in [4.69, 9.17) is 27.6 Å². The van der Waals surface area contributed by atoms with E-state index in [-0.39, 0.29) is 21.9 Å². The van der Waals surface area contributed by atoms with E-state index in [1.807, 2.05) is 24.3 Å². The number of thioether (sulfide) groups is 1. The second-order valence-corrected chi connectivity index (χ2v) is 20.4. The van der Waals surface area contributed by atoms with E-state index in [0.717, 1.165) is 15.6 Å². The molecule has 0 radical (unpaired) electrons. The van der Waals surface area contributed by atoms with E-state index in [2.05, 4.69) is 96.0 Å². The van der Waals surface area contributed by atoms with Crippen molar-refractivity contribution < 1.29 is 4.43 Å². The van der Waals surface area contributed by atoms with Crippen LogP contribution in [0.2, 0.25) is 28.2 Å². The number of benzene rings is 2. The first-order valence-electron chi connectivity index (χ1n) is 13.3. The zero-order valence-corrected chi connectivity index (χ0v) is 26.7. The lowest BCUT2D eigenvalue weighted by Gasteiger charge is -2.44. The first-order valence-corrected chi connectivity index (χ1v) is 17.8. The fourth-order valence-electron chi connectivity index (χ4n) is 4.65. The lowest BCUT2D eigenvalue weighted by Crippen LogP contribution is -2.48. The quantitative estimate of drug-likeness (QED) is 0.321. The maximum atomic E-state index is 7.25. The van der Waals surface area contributed by atoms with Crippen molar-refractivity contribution in [2.75, 3.05) is 0 Å². The van der Waals surface area contributed by atoms with Gasteiger partial charge in [-0.15, -0.1) is 0 Å². The Labute approximate surface area is 235 Å². The molecule has 36 heavy (non-hydrogen) atoms. The normalized spacial score (nSPS) is 21.3. The summed E-state index contributed by atoms with van der Waals surface area (Å²) >= 11 is 15.0. The molecule has 0 bridgehead atoms. The highest BCUT2D eigenvalue weighted by molar-refractivity contribution is 8.01. The van der Waals surface area contributed by atoms with Gasteiger partial charge in [-0.1, -0.05) is 102 Å². The Kier molecular flexibility index (Phi) is 10.1. The molecule has 1 aliphatic rings. The second-order valence-electron chi connectivity index (χ2n) is 12.7. The molecule has 0 heterocycles. The topological polar surface area (TPSA) is 21.3 Å². The van der Waals surface area contributed by atoms with Gasteiger partial charge in [-0.2, -0.15) is 11.8 Å². The molecule has 2 aromatic carbocycles. The molecule has 3 rings (SSSR count). The SMILES string of the molecule is CC(C)(C)S[C@H]1CCCC[C@@H]1N[C@H](c1ccc(Cl)cc1)[C@H](O[Si](C)(C)C(C)(C)C)c1cccc(Cl)c1. The summed E-state index contributed by atoms with van der Waals surface area (Å²) in [6.07, 6.45) is 4.83. The van der Waals surface area contributed by atoms with Gasteiger partial charge in [0, 0.05) is 26.1 Å². The van der Waals surface area contributed by atoms with Crippen molar-refractivity contribution in [3.8, 4) is 0 Å². The van der Waals surface area contributed by atoms with Gasteiger partial charge in [0.2, 0.25) is 0 Å². The van der Waals surface area contributed by atoms with Crippen molar-refractivity contribution in [2.45, 2.75) is 114 Å². The van der Waals surface area contributed by atoms with E-state index in [9.17, 15) is 0 Å². The van der Waals surface area contributed by atoms with E-state index >= 15 is 0 Å². The van der Waals surface area contributed by atoms with Crippen LogP contribution in [0.5, 0.6) is 0 Å². The molecular weight excluding hydrogens is 521 g/mol. The Hall–Kier alpha value is -0.493. The molecular formula is C30H45Cl2NOSSi. The van der Waals surface area contributed by atoms with Crippen molar-refractivity contribution in [1.82, 2.24) is 5.32 Å². The fraction of sp³-hybridized carbons (Fsp3) is 0.600. The van der Waals surface area contributed by atoms with Crippen LogP contribution in [0.25, 0.3) is 0 Å². The number of rotatable bonds is 8. The van der Waals surface area contributed by atoms with Crippen molar-refractivity contribution in [3.05, 3.63) is 69.7 Å². The molecule has 2 aromatic rings. The molecule has 2 nitrogen and oxygen atoms in total. The highest BCUT2D eigenvalue weighted by Gasteiger charge is 2.42. The first kappa shape index (κ1) is 30.1. The molecule has 0 spiro atoms. The predicted molar refractivity (Wildman–Crippen MR) is 163 cm³/mol. The molecule has 0 saturated heterocycles. The van der Waals surface area contributed by atoms with Crippen LogP contribution in [0.4, 0.5) is 0 Å². The summed E-state index contributed by atoms with van der Waals surface area (Å²) in [6, 6.07) is 16.9. The Bertz CT molecular complexity index is 984. The first-order chi connectivity index (χ1) is 16.7. The summed E-state index contributed by atoms with van der Waals surface area (Å²) in [4.78, 5) is 0. The molecule has 1 fully saturated rings. The fourth-order valence-corrected chi connectivity index (χ4v) is 7.81. The summed E-state index contributed by atoms with van der Waals surface area (Å²) in [7, 11) is -2.11. The van der Waals surface area contributed by atoms with Crippen molar-refractivity contribution in [1.29, 1.82) is 0 Å². The summed E-state index contributed by atoms with van der Waals surface area (Å²) in [5.41, 5.74) is 2.32. The highest BCUT2D eigenvalue weighted by Crippen LogP contribution is 2.45. The van der Waals surface area contributed by atoms with Crippen molar-refractivity contribution in [3.63, 3.8) is 0 Å². The van der Waals surface area contributed by atoms with Gasteiger partial charge in [-0.05, 0) is 66.4 Å². The van der Waals surface area contributed by atoms with Gasteiger partial charge in [0.25, 0.3) is 0 Å². The summed E-state index contributed by atoms with van der Waals surface area (Å²) in [5.74, 6) is 0. The van der Waals surface area contributed by atoms with Gasteiger partial charge in [0.15, 0.2) is 8.32 Å². The van der Waals surface area contributed by atoms with E-state index in [0.29, 0.717) is 11.3 Å². The molecule has 0 aliphatic heterocycles. The number of nitrogens with one attached hydrogen (secondary N) is 1. The monoisotopic (exact) mass is 565 g/mol.